The van der Waals surface area contributed by atoms with Crippen LogP contribution in [0, 0.1) is 18.3 Å². The summed E-state index contributed by atoms with van der Waals surface area (Å²) in [4.78, 5) is 0. The van der Waals surface area contributed by atoms with Crippen molar-refractivity contribution in [3.05, 3.63) is 18.0 Å². The molecule has 0 aliphatic carbocycles. The lowest BCUT2D eigenvalue weighted by molar-refractivity contribution is 0.361. The monoisotopic (exact) mass is 234 g/mol. The van der Waals surface area contributed by atoms with Gasteiger partial charge < -0.3 is 0 Å². The Balaban J connectivity index is 2.41. The lowest BCUT2D eigenvalue weighted by atomic mass is 9.96. The second-order valence-electron chi connectivity index (χ2n) is 5.07. The van der Waals surface area contributed by atoms with E-state index in [0.717, 1.165) is 25.1 Å². The van der Waals surface area contributed by atoms with Gasteiger partial charge in [-0.2, -0.15) is 10.4 Å². The van der Waals surface area contributed by atoms with Crippen LogP contribution in [0.15, 0.2) is 12.3 Å². The van der Waals surface area contributed by atoms with Crippen molar-refractivity contribution in [2.24, 2.45) is 0 Å². The lowest BCUT2D eigenvalue weighted by Gasteiger charge is -2.25. The average Bonchev–Trinajstić information content (AvgIpc) is 2.63. The molecule has 0 bridgehead atoms. The molecular weight excluding hydrogens is 212 g/mol. The van der Waals surface area contributed by atoms with Crippen LogP contribution in [-0.2, 0) is 6.54 Å². The molecule has 1 aromatic heterocycles. The van der Waals surface area contributed by atoms with Crippen LogP contribution in [-0.4, -0.2) is 21.4 Å². The van der Waals surface area contributed by atoms with Crippen LogP contribution in [0.4, 0.5) is 0 Å². The predicted octanol–water partition coefficient (Wildman–Crippen LogP) is 2.25. The van der Waals surface area contributed by atoms with Gasteiger partial charge in [0.15, 0.2) is 0 Å². The van der Waals surface area contributed by atoms with E-state index in [4.69, 9.17) is 0 Å². The van der Waals surface area contributed by atoms with Crippen molar-refractivity contribution in [2.75, 3.05) is 0 Å². The third-order valence-electron chi connectivity index (χ3n) is 2.69. The molecule has 1 aromatic rings. The fourth-order valence-electron chi connectivity index (χ4n) is 1.98. The maximum absolute atomic E-state index is 9.20. The van der Waals surface area contributed by atoms with E-state index in [1.807, 2.05) is 30.8 Å². The largest absolute Gasteiger partial charge is 0.297 e. The van der Waals surface area contributed by atoms with Gasteiger partial charge in [-0.05, 0) is 46.6 Å². The summed E-state index contributed by atoms with van der Waals surface area (Å²) < 4.78 is 1.93. The minimum absolute atomic E-state index is 0.326. The Labute approximate surface area is 104 Å². The first-order chi connectivity index (χ1) is 7.95. The fourth-order valence-corrected chi connectivity index (χ4v) is 1.98. The van der Waals surface area contributed by atoms with E-state index in [9.17, 15) is 5.26 Å². The summed E-state index contributed by atoms with van der Waals surface area (Å²) in [5.74, 6) is 0. The van der Waals surface area contributed by atoms with Crippen LogP contribution < -0.4 is 5.32 Å². The van der Waals surface area contributed by atoms with Crippen molar-refractivity contribution in [3.8, 4) is 6.07 Å². The first-order valence-corrected chi connectivity index (χ1v) is 6.14. The van der Waals surface area contributed by atoms with Crippen LogP contribution in [0.25, 0.3) is 0 Å². The van der Waals surface area contributed by atoms with Crippen molar-refractivity contribution in [3.63, 3.8) is 0 Å². The molecule has 17 heavy (non-hydrogen) atoms. The van der Waals surface area contributed by atoms with E-state index in [0.29, 0.717) is 6.04 Å². The first-order valence-electron chi connectivity index (χ1n) is 6.14. The smallest absolute Gasteiger partial charge is 0.104 e. The Morgan fingerprint density at radius 3 is 2.76 bits per heavy atom. The average molecular weight is 234 g/mol. The predicted molar refractivity (Wildman–Crippen MR) is 68.5 cm³/mol. The number of nitrogens with one attached hydrogen (secondary N) is 1. The molecule has 4 nitrogen and oxygen atoms in total. The second kappa shape index (κ2) is 5.83. The molecule has 1 atom stereocenters. The maximum atomic E-state index is 9.20. The molecular formula is C13H22N4. The summed E-state index contributed by atoms with van der Waals surface area (Å²) in [7, 11) is 0. The molecule has 1 rings (SSSR count). The molecule has 1 heterocycles. The van der Waals surface area contributed by atoms with E-state index in [1.165, 1.54) is 0 Å². The summed E-state index contributed by atoms with van der Waals surface area (Å²) in [5.41, 5.74) is 0.601. The molecule has 0 aromatic carbocycles. The van der Waals surface area contributed by atoms with Crippen molar-refractivity contribution >= 4 is 0 Å². The van der Waals surface area contributed by atoms with E-state index in [1.54, 1.807) is 0 Å². The van der Waals surface area contributed by atoms with Crippen molar-refractivity contribution in [2.45, 2.75) is 58.7 Å². The zero-order chi connectivity index (χ0) is 12.9. The van der Waals surface area contributed by atoms with Gasteiger partial charge in [-0.3, -0.25) is 10.00 Å². The molecule has 0 saturated heterocycles. The SMILES string of the molecule is Cc1ccn(CCCC(C)(C#N)NC(C)C)n1. The zero-order valence-electron chi connectivity index (χ0n) is 11.2. The van der Waals surface area contributed by atoms with Gasteiger partial charge in [0.25, 0.3) is 0 Å². The Hall–Kier alpha value is -1.34. The molecule has 0 radical (unpaired) electrons. The number of hydrogen-bond acceptors (Lipinski definition) is 3. The summed E-state index contributed by atoms with van der Waals surface area (Å²) in [6.45, 7) is 8.93. The third kappa shape index (κ3) is 4.58. The zero-order valence-corrected chi connectivity index (χ0v) is 11.2. The highest BCUT2D eigenvalue weighted by Gasteiger charge is 2.23. The second-order valence-corrected chi connectivity index (χ2v) is 5.07. The Kier molecular flexibility index (Phi) is 4.71. The Morgan fingerprint density at radius 1 is 1.59 bits per heavy atom. The molecule has 0 aliphatic heterocycles. The van der Waals surface area contributed by atoms with Gasteiger partial charge >= 0.3 is 0 Å². The standard InChI is InChI=1S/C13H22N4/c1-11(2)15-13(4,10-14)7-5-8-17-9-6-12(3)16-17/h6,9,11,15H,5,7-8H2,1-4H3. The lowest BCUT2D eigenvalue weighted by Crippen LogP contribution is -2.45. The third-order valence-corrected chi connectivity index (χ3v) is 2.69. The van der Waals surface area contributed by atoms with Crippen LogP contribution in [0.3, 0.4) is 0 Å². The molecule has 4 heteroatoms. The van der Waals surface area contributed by atoms with Gasteiger partial charge in [-0.1, -0.05) is 0 Å². The number of nitrogens with zero attached hydrogens (tertiary/aromatic N) is 3. The summed E-state index contributed by atoms with van der Waals surface area (Å²) in [6, 6.07) is 4.68. The van der Waals surface area contributed by atoms with Gasteiger partial charge in [0, 0.05) is 18.8 Å². The normalized spacial score (nSPS) is 14.6. The minimum atomic E-state index is -0.434. The summed E-state index contributed by atoms with van der Waals surface area (Å²) in [5, 5.41) is 16.8. The maximum Gasteiger partial charge on any atom is 0.104 e. The summed E-state index contributed by atoms with van der Waals surface area (Å²) >= 11 is 0. The number of hydrogen-bond donors (Lipinski definition) is 1. The topological polar surface area (TPSA) is 53.6 Å². The molecule has 1 N–H and O–H groups in total. The fraction of sp³-hybridized carbons (Fsp3) is 0.692. The van der Waals surface area contributed by atoms with E-state index < -0.39 is 5.54 Å². The molecule has 0 spiro atoms. The quantitative estimate of drug-likeness (QED) is 0.821. The summed E-state index contributed by atoms with van der Waals surface area (Å²) in [6.07, 6.45) is 3.76. The van der Waals surface area contributed by atoms with Crippen molar-refractivity contribution < 1.29 is 0 Å². The van der Waals surface area contributed by atoms with Crippen LogP contribution in [0.1, 0.15) is 39.3 Å². The van der Waals surface area contributed by atoms with Gasteiger partial charge in [-0.15, -0.1) is 0 Å². The van der Waals surface area contributed by atoms with E-state index in [2.05, 4.69) is 30.3 Å². The highest BCUT2D eigenvalue weighted by molar-refractivity contribution is 5.04. The van der Waals surface area contributed by atoms with E-state index in [-0.39, 0.29) is 0 Å². The highest BCUT2D eigenvalue weighted by atomic mass is 15.3. The first kappa shape index (κ1) is 13.7. The van der Waals surface area contributed by atoms with Gasteiger partial charge in [0.05, 0.1) is 11.8 Å². The molecule has 1 unspecified atom stereocenters. The Bertz CT molecular complexity index is 388. The number of aromatic nitrogens is 2. The Morgan fingerprint density at radius 2 is 2.29 bits per heavy atom. The van der Waals surface area contributed by atoms with Crippen molar-refractivity contribution in [1.29, 1.82) is 5.26 Å². The molecule has 0 aliphatic rings. The van der Waals surface area contributed by atoms with Gasteiger partial charge in [-0.25, -0.2) is 0 Å². The number of aryl methyl sites for hydroxylation is 2. The van der Waals surface area contributed by atoms with Crippen LogP contribution >= 0.6 is 0 Å². The number of nitriles is 1. The van der Waals surface area contributed by atoms with E-state index >= 15 is 0 Å². The van der Waals surface area contributed by atoms with Gasteiger partial charge in [0.1, 0.15) is 5.54 Å². The number of rotatable bonds is 6. The van der Waals surface area contributed by atoms with Crippen LogP contribution in [0.2, 0.25) is 0 Å². The molecule has 94 valence electrons. The minimum Gasteiger partial charge on any atom is -0.297 e. The molecule has 0 amide bonds. The molecule has 0 saturated carbocycles. The van der Waals surface area contributed by atoms with Crippen LogP contribution in [0.5, 0.6) is 0 Å². The molecule has 0 fully saturated rings. The van der Waals surface area contributed by atoms with Gasteiger partial charge in [0.2, 0.25) is 0 Å². The van der Waals surface area contributed by atoms with Crippen molar-refractivity contribution in [1.82, 2.24) is 15.1 Å². The highest BCUT2D eigenvalue weighted by Crippen LogP contribution is 2.13.